The second kappa shape index (κ2) is 5.35. The Labute approximate surface area is 120 Å². The Morgan fingerprint density at radius 2 is 2.35 bits per heavy atom. The highest BCUT2D eigenvalue weighted by Crippen LogP contribution is 2.30. The normalized spacial score (nSPS) is 19.8. The van der Waals surface area contributed by atoms with Crippen molar-refractivity contribution in [1.82, 2.24) is 19.6 Å². The molecule has 1 fully saturated rings. The average molecular weight is 295 g/mol. The summed E-state index contributed by atoms with van der Waals surface area (Å²) in [5, 5.41) is 7.20. The molecule has 3 rings (SSSR count). The number of H-pyrrole nitrogens is 1. The van der Waals surface area contributed by atoms with Gasteiger partial charge in [-0.05, 0) is 12.8 Å². The number of aromatic amines is 1. The Morgan fingerprint density at radius 3 is 3.00 bits per heavy atom. The van der Waals surface area contributed by atoms with Crippen LogP contribution < -0.4 is 10.7 Å². The molecular formula is C12H17N5O2S. The van der Waals surface area contributed by atoms with E-state index in [1.165, 1.54) is 11.5 Å². The van der Waals surface area contributed by atoms with Crippen molar-refractivity contribution in [2.75, 3.05) is 18.0 Å². The minimum absolute atomic E-state index is 0.133. The molecule has 0 aromatic carbocycles. The molecule has 0 radical (unpaired) electrons. The van der Waals surface area contributed by atoms with E-state index in [0.717, 1.165) is 36.9 Å². The van der Waals surface area contributed by atoms with Crippen LogP contribution in [0.5, 0.6) is 0 Å². The van der Waals surface area contributed by atoms with Crippen molar-refractivity contribution in [3.8, 4) is 0 Å². The first kappa shape index (κ1) is 13.3. The fourth-order valence-corrected chi connectivity index (χ4v) is 3.20. The van der Waals surface area contributed by atoms with Gasteiger partial charge in [0.15, 0.2) is 0 Å². The van der Waals surface area contributed by atoms with Crippen LogP contribution in [0.1, 0.15) is 50.2 Å². The molecule has 0 amide bonds. The number of nitrogens with one attached hydrogen (secondary N) is 1. The van der Waals surface area contributed by atoms with Crippen LogP contribution in [0.4, 0.5) is 5.13 Å². The maximum absolute atomic E-state index is 11.0. The first-order chi connectivity index (χ1) is 9.63. The van der Waals surface area contributed by atoms with Gasteiger partial charge in [-0.1, -0.05) is 13.8 Å². The third kappa shape index (κ3) is 2.60. The molecule has 0 saturated carbocycles. The van der Waals surface area contributed by atoms with Gasteiger partial charge in [-0.3, -0.25) is 0 Å². The van der Waals surface area contributed by atoms with Crippen LogP contribution in [0.15, 0.2) is 9.21 Å². The van der Waals surface area contributed by atoms with Crippen molar-refractivity contribution < 1.29 is 4.42 Å². The molecule has 0 unspecified atom stereocenters. The molecule has 1 aliphatic rings. The van der Waals surface area contributed by atoms with E-state index in [9.17, 15) is 4.79 Å². The number of rotatable bonds is 3. The second-order valence-electron chi connectivity index (χ2n) is 5.33. The van der Waals surface area contributed by atoms with Crippen LogP contribution >= 0.6 is 11.5 Å². The van der Waals surface area contributed by atoms with Gasteiger partial charge in [-0.2, -0.15) is 4.37 Å². The number of anilines is 1. The summed E-state index contributed by atoms with van der Waals surface area (Å²) in [6.45, 7) is 5.89. The second-order valence-corrected chi connectivity index (χ2v) is 6.06. The maximum Gasteiger partial charge on any atom is 0.434 e. The predicted molar refractivity (Wildman–Crippen MR) is 75.3 cm³/mol. The summed E-state index contributed by atoms with van der Waals surface area (Å²) in [7, 11) is 0. The zero-order valence-electron chi connectivity index (χ0n) is 11.5. The first-order valence-electron chi connectivity index (χ1n) is 6.77. The average Bonchev–Trinajstić information content (AvgIpc) is 3.07. The quantitative estimate of drug-likeness (QED) is 0.927. The summed E-state index contributed by atoms with van der Waals surface area (Å²) in [6.07, 6.45) is 2.00. The van der Waals surface area contributed by atoms with Gasteiger partial charge in [0.05, 0.1) is 5.92 Å². The topological polar surface area (TPSA) is 87.9 Å². The molecule has 1 aliphatic heterocycles. The van der Waals surface area contributed by atoms with Gasteiger partial charge in [0.2, 0.25) is 11.0 Å². The van der Waals surface area contributed by atoms with Crippen molar-refractivity contribution in [1.29, 1.82) is 0 Å². The molecule has 8 heteroatoms. The third-order valence-corrected chi connectivity index (χ3v) is 4.23. The minimum Gasteiger partial charge on any atom is -0.392 e. The molecule has 3 heterocycles. The lowest BCUT2D eigenvalue weighted by atomic mass is 9.98. The van der Waals surface area contributed by atoms with E-state index in [4.69, 9.17) is 4.42 Å². The molecule has 1 saturated heterocycles. The number of piperidine rings is 1. The predicted octanol–water partition coefficient (Wildman–Crippen LogP) is 1.72. The standard InChI is InChI=1S/C12H17N5O2S/c1-7(2)9-13-11(20-16-9)17-5-3-4-8(6-17)10-14-15-12(18)19-10/h7-8H,3-6H2,1-2H3,(H,15,18)/t8-/m0/s1. The monoisotopic (exact) mass is 295 g/mol. The van der Waals surface area contributed by atoms with Crippen molar-refractivity contribution >= 4 is 16.7 Å². The highest BCUT2D eigenvalue weighted by Gasteiger charge is 2.27. The van der Waals surface area contributed by atoms with Crippen molar-refractivity contribution in [2.45, 2.75) is 38.5 Å². The fourth-order valence-electron chi connectivity index (χ4n) is 2.36. The Kier molecular flexibility index (Phi) is 3.56. The van der Waals surface area contributed by atoms with Gasteiger partial charge in [0.25, 0.3) is 0 Å². The molecule has 0 aliphatic carbocycles. The molecule has 2 aromatic rings. The lowest BCUT2D eigenvalue weighted by molar-refractivity contribution is 0.385. The minimum atomic E-state index is -0.491. The van der Waals surface area contributed by atoms with Gasteiger partial charge in [0, 0.05) is 30.5 Å². The van der Waals surface area contributed by atoms with E-state index in [1.54, 1.807) is 0 Å². The SMILES string of the molecule is CC(C)c1nsc(N2CCC[C@H](c3n[nH]c(=O)o3)C2)n1. The molecule has 0 spiro atoms. The van der Waals surface area contributed by atoms with Gasteiger partial charge in [-0.15, -0.1) is 5.10 Å². The fraction of sp³-hybridized carbons (Fsp3) is 0.667. The summed E-state index contributed by atoms with van der Waals surface area (Å²) in [5.74, 6) is 1.36. The number of aromatic nitrogens is 4. The van der Waals surface area contributed by atoms with Crippen LogP contribution in [0, 0.1) is 0 Å². The largest absolute Gasteiger partial charge is 0.434 e. The highest BCUT2D eigenvalue weighted by atomic mass is 32.1. The maximum atomic E-state index is 11.0. The molecule has 7 nitrogen and oxygen atoms in total. The zero-order valence-corrected chi connectivity index (χ0v) is 12.3. The van der Waals surface area contributed by atoms with E-state index >= 15 is 0 Å². The lowest BCUT2D eigenvalue weighted by Gasteiger charge is -2.30. The van der Waals surface area contributed by atoms with Crippen LogP contribution in [0.2, 0.25) is 0 Å². The van der Waals surface area contributed by atoms with Gasteiger partial charge < -0.3 is 9.32 Å². The number of hydrogen-bond acceptors (Lipinski definition) is 7. The number of hydrogen-bond donors (Lipinski definition) is 1. The Morgan fingerprint density at radius 1 is 1.50 bits per heavy atom. The third-order valence-electron chi connectivity index (χ3n) is 3.44. The molecule has 2 aromatic heterocycles. The first-order valence-corrected chi connectivity index (χ1v) is 7.55. The Bertz CT molecular complexity index is 632. The van der Waals surface area contributed by atoms with Crippen LogP contribution in [-0.4, -0.2) is 32.6 Å². The smallest absolute Gasteiger partial charge is 0.392 e. The van der Waals surface area contributed by atoms with Crippen LogP contribution in [-0.2, 0) is 0 Å². The molecule has 108 valence electrons. The van der Waals surface area contributed by atoms with Crippen molar-refractivity contribution in [3.63, 3.8) is 0 Å². The summed E-state index contributed by atoms with van der Waals surface area (Å²) in [6, 6.07) is 0. The lowest BCUT2D eigenvalue weighted by Crippen LogP contribution is -2.34. The van der Waals surface area contributed by atoms with E-state index in [0.29, 0.717) is 11.8 Å². The molecular weight excluding hydrogens is 278 g/mol. The molecule has 0 bridgehead atoms. The van der Waals surface area contributed by atoms with E-state index in [2.05, 4.69) is 38.3 Å². The summed E-state index contributed by atoms with van der Waals surface area (Å²) in [4.78, 5) is 17.8. The Balaban J connectivity index is 1.75. The van der Waals surface area contributed by atoms with Crippen molar-refractivity contribution in [3.05, 3.63) is 22.3 Å². The van der Waals surface area contributed by atoms with Crippen molar-refractivity contribution in [2.24, 2.45) is 0 Å². The number of nitrogens with zero attached hydrogens (tertiary/aromatic N) is 4. The van der Waals surface area contributed by atoms with Crippen LogP contribution in [0.3, 0.4) is 0 Å². The van der Waals surface area contributed by atoms with Crippen LogP contribution in [0.25, 0.3) is 0 Å². The van der Waals surface area contributed by atoms with Gasteiger partial charge in [0.1, 0.15) is 5.82 Å². The summed E-state index contributed by atoms with van der Waals surface area (Å²) >= 11 is 1.43. The summed E-state index contributed by atoms with van der Waals surface area (Å²) < 4.78 is 9.46. The summed E-state index contributed by atoms with van der Waals surface area (Å²) in [5.41, 5.74) is 0. The van der Waals surface area contributed by atoms with E-state index in [-0.39, 0.29) is 5.92 Å². The van der Waals surface area contributed by atoms with E-state index in [1.807, 2.05) is 0 Å². The Hall–Kier alpha value is -1.70. The highest BCUT2D eigenvalue weighted by molar-refractivity contribution is 7.09. The molecule has 1 atom stereocenters. The van der Waals surface area contributed by atoms with Gasteiger partial charge in [-0.25, -0.2) is 14.9 Å². The van der Waals surface area contributed by atoms with E-state index < -0.39 is 5.76 Å². The molecule has 20 heavy (non-hydrogen) atoms. The zero-order chi connectivity index (χ0) is 14.1. The van der Waals surface area contributed by atoms with Gasteiger partial charge >= 0.3 is 5.76 Å². The molecule has 1 N–H and O–H groups in total.